The summed E-state index contributed by atoms with van der Waals surface area (Å²) in [7, 11) is -4.07. The standard InChI is InChI=1S/C18H14N2O5S/c1-11(21)19-12-6-8-13(9-7-12)26(24,25)20-16-10-17(22)14-4-2-3-5-15(14)18(16)23/h2-10,20H,1H3,(H,19,21). The summed E-state index contributed by atoms with van der Waals surface area (Å²) in [5, 5.41) is 2.52. The third kappa shape index (κ3) is 3.40. The van der Waals surface area contributed by atoms with Gasteiger partial charge in [0.2, 0.25) is 11.7 Å². The van der Waals surface area contributed by atoms with Gasteiger partial charge in [-0.15, -0.1) is 0 Å². The average Bonchev–Trinajstić information content (AvgIpc) is 2.59. The molecule has 0 saturated carbocycles. The van der Waals surface area contributed by atoms with Crippen LogP contribution in [0.5, 0.6) is 0 Å². The van der Waals surface area contributed by atoms with Crippen LogP contribution < -0.4 is 10.0 Å². The van der Waals surface area contributed by atoms with E-state index in [-0.39, 0.29) is 27.6 Å². The number of benzene rings is 2. The second-order valence-electron chi connectivity index (χ2n) is 5.61. The van der Waals surface area contributed by atoms with Crippen molar-refractivity contribution in [2.45, 2.75) is 11.8 Å². The Morgan fingerprint density at radius 1 is 0.923 bits per heavy atom. The molecule has 26 heavy (non-hydrogen) atoms. The molecule has 1 aliphatic carbocycles. The zero-order chi connectivity index (χ0) is 18.9. The Labute approximate surface area is 149 Å². The van der Waals surface area contributed by atoms with Gasteiger partial charge in [0.15, 0.2) is 5.78 Å². The molecule has 0 bridgehead atoms. The molecule has 0 radical (unpaired) electrons. The molecule has 7 nitrogen and oxygen atoms in total. The Kier molecular flexibility index (Phi) is 4.43. The summed E-state index contributed by atoms with van der Waals surface area (Å²) in [6.45, 7) is 1.34. The van der Waals surface area contributed by atoms with Crippen molar-refractivity contribution >= 4 is 33.2 Å². The number of sulfonamides is 1. The minimum atomic E-state index is -4.07. The number of Topliss-reactive ketones (excluding diaryl/α,β-unsaturated/α-hetero) is 1. The first-order valence-electron chi connectivity index (χ1n) is 7.58. The maximum absolute atomic E-state index is 12.5. The molecule has 2 N–H and O–H groups in total. The van der Waals surface area contributed by atoms with Crippen molar-refractivity contribution in [3.05, 3.63) is 71.4 Å². The van der Waals surface area contributed by atoms with E-state index in [1.807, 2.05) is 0 Å². The van der Waals surface area contributed by atoms with Gasteiger partial charge in [-0.3, -0.25) is 19.1 Å². The van der Waals surface area contributed by atoms with Crippen molar-refractivity contribution in [3.8, 4) is 0 Å². The maximum Gasteiger partial charge on any atom is 0.262 e. The lowest BCUT2D eigenvalue weighted by Crippen LogP contribution is -2.31. The summed E-state index contributed by atoms with van der Waals surface area (Å²) >= 11 is 0. The molecule has 2 aromatic rings. The molecule has 0 atom stereocenters. The number of amides is 1. The third-order valence-corrected chi connectivity index (χ3v) is 5.07. The van der Waals surface area contributed by atoms with Crippen LogP contribution in [0.15, 0.2) is 65.2 Å². The molecule has 0 heterocycles. The quantitative estimate of drug-likeness (QED) is 0.854. The first-order valence-corrected chi connectivity index (χ1v) is 9.06. The Hall–Kier alpha value is -3.26. The average molecular weight is 370 g/mol. The fourth-order valence-corrected chi connectivity index (χ4v) is 3.57. The number of fused-ring (bicyclic) bond motifs is 1. The molecule has 132 valence electrons. The van der Waals surface area contributed by atoms with E-state index in [0.717, 1.165) is 6.08 Å². The third-order valence-electron chi connectivity index (χ3n) is 3.69. The number of rotatable bonds is 4. The van der Waals surface area contributed by atoms with Crippen molar-refractivity contribution < 1.29 is 22.8 Å². The summed E-state index contributed by atoms with van der Waals surface area (Å²) in [6.07, 6.45) is 0.980. The van der Waals surface area contributed by atoms with Gasteiger partial charge in [0.25, 0.3) is 10.0 Å². The first kappa shape index (κ1) is 17.6. The first-order chi connectivity index (χ1) is 12.3. The Morgan fingerprint density at radius 3 is 2.15 bits per heavy atom. The van der Waals surface area contributed by atoms with Crippen molar-refractivity contribution in [1.29, 1.82) is 0 Å². The highest BCUT2D eigenvalue weighted by molar-refractivity contribution is 7.89. The Bertz CT molecular complexity index is 1050. The molecule has 0 spiro atoms. The van der Waals surface area contributed by atoms with Gasteiger partial charge >= 0.3 is 0 Å². The van der Waals surface area contributed by atoms with Crippen molar-refractivity contribution in [3.63, 3.8) is 0 Å². The Morgan fingerprint density at radius 2 is 1.54 bits per heavy atom. The second-order valence-corrected chi connectivity index (χ2v) is 7.29. The summed E-state index contributed by atoms with van der Waals surface area (Å²) in [4.78, 5) is 35.5. The summed E-state index contributed by atoms with van der Waals surface area (Å²) in [5.41, 5.74) is 0.520. The minimum Gasteiger partial charge on any atom is -0.326 e. The number of carbonyl (C=O) groups excluding carboxylic acids is 3. The van der Waals surface area contributed by atoms with E-state index in [1.165, 1.54) is 43.3 Å². The van der Waals surface area contributed by atoms with Gasteiger partial charge in [-0.25, -0.2) is 8.42 Å². The molecule has 0 fully saturated rings. The summed E-state index contributed by atoms with van der Waals surface area (Å²) in [6, 6.07) is 11.6. The van der Waals surface area contributed by atoms with E-state index in [2.05, 4.69) is 10.0 Å². The van der Waals surface area contributed by atoms with Gasteiger partial charge in [-0.1, -0.05) is 24.3 Å². The molecular formula is C18H14N2O5S. The van der Waals surface area contributed by atoms with E-state index in [4.69, 9.17) is 0 Å². The molecule has 1 aliphatic rings. The lowest BCUT2D eigenvalue weighted by atomic mass is 9.93. The smallest absolute Gasteiger partial charge is 0.262 e. The Balaban J connectivity index is 1.87. The molecule has 3 rings (SSSR count). The molecule has 2 aromatic carbocycles. The van der Waals surface area contributed by atoms with Crippen LogP contribution in [-0.2, 0) is 14.8 Å². The van der Waals surface area contributed by atoms with Crippen LogP contribution >= 0.6 is 0 Å². The van der Waals surface area contributed by atoms with Crippen LogP contribution in [0.3, 0.4) is 0 Å². The molecule has 1 amide bonds. The van der Waals surface area contributed by atoms with Crippen LogP contribution in [0.1, 0.15) is 27.6 Å². The molecular weight excluding hydrogens is 356 g/mol. The molecule has 0 unspecified atom stereocenters. The molecule has 0 aromatic heterocycles. The van der Waals surface area contributed by atoms with Gasteiger partial charge in [-0.2, -0.15) is 0 Å². The van der Waals surface area contributed by atoms with Crippen LogP contribution in [-0.4, -0.2) is 25.9 Å². The van der Waals surface area contributed by atoms with E-state index in [0.29, 0.717) is 5.69 Å². The van der Waals surface area contributed by atoms with E-state index in [9.17, 15) is 22.8 Å². The highest BCUT2D eigenvalue weighted by Crippen LogP contribution is 2.22. The predicted molar refractivity (Wildman–Crippen MR) is 94.3 cm³/mol. The fraction of sp³-hybridized carbons (Fsp3) is 0.0556. The van der Waals surface area contributed by atoms with Crippen LogP contribution in [0.2, 0.25) is 0 Å². The van der Waals surface area contributed by atoms with Crippen LogP contribution in [0, 0.1) is 0 Å². The van der Waals surface area contributed by atoms with E-state index < -0.39 is 21.6 Å². The van der Waals surface area contributed by atoms with Crippen LogP contribution in [0.25, 0.3) is 0 Å². The number of nitrogens with one attached hydrogen (secondary N) is 2. The van der Waals surface area contributed by atoms with Crippen molar-refractivity contribution in [1.82, 2.24) is 4.72 Å². The van der Waals surface area contributed by atoms with Gasteiger partial charge in [0.1, 0.15) is 5.70 Å². The normalized spacial score (nSPS) is 13.7. The fourth-order valence-electron chi connectivity index (χ4n) is 2.52. The topological polar surface area (TPSA) is 109 Å². The van der Waals surface area contributed by atoms with E-state index in [1.54, 1.807) is 12.1 Å². The number of allylic oxidation sites excluding steroid dienone is 2. The van der Waals surface area contributed by atoms with Gasteiger partial charge < -0.3 is 5.32 Å². The lowest BCUT2D eigenvalue weighted by Gasteiger charge is -2.16. The number of anilines is 1. The maximum atomic E-state index is 12.5. The SMILES string of the molecule is CC(=O)Nc1ccc(S(=O)(=O)NC2=CC(=O)c3ccccc3C2=O)cc1. The second kappa shape index (κ2) is 6.57. The van der Waals surface area contributed by atoms with Crippen LogP contribution in [0.4, 0.5) is 5.69 Å². The van der Waals surface area contributed by atoms with Crippen molar-refractivity contribution in [2.24, 2.45) is 0 Å². The number of hydrogen-bond donors (Lipinski definition) is 2. The number of hydrogen-bond acceptors (Lipinski definition) is 5. The zero-order valence-electron chi connectivity index (χ0n) is 13.6. The van der Waals surface area contributed by atoms with Gasteiger partial charge in [0, 0.05) is 29.8 Å². The van der Waals surface area contributed by atoms with Crippen molar-refractivity contribution in [2.75, 3.05) is 5.32 Å². The lowest BCUT2D eigenvalue weighted by molar-refractivity contribution is -0.114. The highest BCUT2D eigenvalue weighted by Gasteiger charge is 2.28. The molecule has 0 saturated heterocycles. The highest BCUT2D eigenvalue weighted by atomic mass is 32.2. The molecule has 8 heteroatoms. The zero-order valence-corrected chi connectivity index (χ0v) is 14.5. The largest absolute Gasteiger partial charge is 0.326 e. The predicted octanol–water partition coefficient (Wildman–Crippen LogP) is 1.89. The number of carbonyl (C=O) groups is 3. The van der Waals surface area contributed by atoms with E-state index >= 15 is 0 Å². The van der Waals surface area contributed by atoms with Gasteiger partial charge in [0.05, 0.1) is 4.90 Å². The minimum absolute atomic E-state index is 0.105. The molecule has 0 aliphatic heterocycles. The number of ketones is 2. The van der Waals surface area contributed by atoms with Gasteiger partial charge in [-0.05, 0) is 24.3 Å². The monoisotopic (exact) mass is 370 g/mol. The summed E-state index contributed by atoms with van der Waals surface area (Å²) in [5.74, 6) is -1.30. The summed E-state index contributed by atoms with van der Waals surface area (Å²) < 4.78 is 27.2.